The van der Waals surface area contributed by atoms with Gasteiger partial charge in [-0.2, -0.15) is 0 Å². The molecule has 0 bridgehead atoms. The smallest absolute Gasteiger partial charge is 0.308 e. The first kappa shape index (κ1) is 12.4. The first-order chi connectivity index (χ1) is 8.47. The Labute approximate surface area is 105 Å². The molecule has 2 aromatic rings. The van der Waals surface area contributed by atoms with Crippen LogP contribution in [0.1, 0.15) is 4.88 Å². The molecule has 7 heteroatoms. The van der Waals surface area contributed by atoms with Gasteiger partial charge in [0.25, 0.3) is 0 Å². The second kappa shape index (κ2) is 4.69. The summed E-state index contributed by atoms with van der Waals surface area (Å²) in [5, 5.41) is 8.86. The van der Waals surface area contributed by atoms with E-state index in [9.17, 15) is 13.6 Å². The molecule has 0 saturated carbocycles. The van der Waals surface area contributed by atoms with E-state index in [4.69, 9.17) is 10.8 Å². The summed E-state index contributed by atoms with van der Waals surface area (Å²) in [6.07, 6.45) is -0.333. The zero-order chi connectivity index (χ0) is 13.3. The SMILES string of the molecule is Nc1nc(-c2cc(F)ccc2F)c(CC(=O)O)s1. The molecule has 0 aliphatic carbocycles. The third-order valence-electron chi connectivity index (χ3n) is 2.21. The molecule has 1 heterocycles. The minimum Gasteiger partial charge on any atom is -0.481 e. The summed E-state index contributed by atoms with van der Waals surface area (Å²) in [6, 6.07) is 2.91. The summed E-state index contributed by atoms with van der Waals surface area (Å²) in [5.41, 5.74) is 5.48. The van der Waals surface area contributed by atoms with Crippen LogP contribution in [0.2, 0.25) is 0 Å². The van der Waals surface area contributed by atoms with Crippen molar-refractivity contribution in [2.45, 2.75) is 6.42 Å². The summed E-state index contributed by atoms with van der Waals surface area (Å²) in [7, 11) is 0. The maximum absolute atomic E-state index is 13.6. The maximum atomic E-state index is 13.6. The van der Waals surface area contributed by atoms with E-state index in [0.29, 0.717) is 4.88 Å². The molecule has 0 amide bonds. The molecule has 0 aliphatic rings. The number of anilines is 1. The number of nitrogens with zero attached hydrogens (tertiary/aromatic N) is 1. The van der Waals surface area contributed by atoms with E-state index in [-0.39, 0.29) is 22.8 Å². The van der Waals surface area contributed by atoms with Gasteiger partial charge in [0.1, 0.15) is 11.6 Å². The van der Waals surface area contributed by atoms with E-state index < -0.39 is 17.6 Å². The topological polar surface area (TPSA) is 76.2 Å². The van der Waals surface area contributed by atoms with Crippen LogP contribution in [0.3, 0.4) is 0 Å². The summed E-state index contributed by atoms with van der Waals surface area (Å²) in [5.74, 6) is -2.38. The maximum Gasteiger partial charge on any atom is 0.308 e. The standard InChI is InChI=1S/C11H8F2N2O2S/c12-5-1-2-7(13)6(3-5)10-8(4-9(16)17)18-11(14)15-10/h1-3H,4H2,(H2,14,15)(H,16,17). The molecule has 1 aromatic carbocycles. The van der Waals surface area contributed by atoms with Crippen LogP contribution in [-0.2, 0) is 11.2 Å². The van der Waals surface area contributed by atoms with Crippen LogP contribution in [-0.4, -0.2) is 16.1 Å². The lowest BCUT2D eigenvalue weighted by Crippen LogP contribution is -2.00. The number of hydrogen-bond donors (Lipinski definition) is 2. The van der Waals surface area contributed by atoms with Crippen LogP contribution in [0.15, 0.2) is 18.2 Å². The number of aliphatic carboxylic acids is 1. The second-order valence-electron chi connectivity index (χ2n) is 3.52. The number of rotatable bonds is 3. The highest BCUT2D eigenvalue weighted by molar-refractivity contribution is 7.15. The molecule has 0 radical (unpaired) electrons. The zero-order valence-corrected chi connectivity index (χ0v) is 9.80. The number of hydrogen-bond acceptors (Lipinski definition) is 4. The summed E-state index contributed by atoms with van der Waals surface area (Å²) in [6.45, 7) is 0. The van der Waals surface area contributed by atoms with Gasteiger partial charge in [-0.3, -0.25) is 4.79 Å². The molecule has 2 rings (SSSR count). The number of carbonyl (C=O) groups is 1. The van der Waals surface area contributed by atoms with Crippen molar-refractivity contribution in [3.05, 3.63) is 34.7 Å². The minimum atomic E-state index is -1.09. The van der Waals surface area contributed by atoms with Gasteiger partial charge >= 0.3 is 5.97 Å². The van der Waals surface area contributed by atoms with Gasteiger partial charge < -0.3 is 10.8 Å². The van der Waals surface area contributed by atoms with Crippen LogP contribution in [0.25, 0.3) is 11.3 Å². The molecule has 94 valence electrons. The number of halogens is 2. The van der Waals surface area contributed by atoms with Crippen molar-refractivity contribution in [3.8, 4) is 11.3 Å². The number of nitrogen functional groups attached to an aromatic ring is 1. The molecule has 0 spiro atoms. The van der Waals surface area contributed by atoms with E-state index in [1.807, 2.05) is 0 Å². The van der Waals surface area contributed by atoms with E-state index in [1.54, 1.807) is 0 Å². The van der Waals surface area contributed by atoms with Gasteiger partial charge in [-0.1, -0.05) is 0 Å². The molecule has 3 N–H and O–H groups in total. The Hall–Kier alpha value is -2.02. The highest BCUT2D eigenvalue weighted by Crippen LogP contribution is 2.32. The van der Waals surface area contributed by atoms with Crippen LogP contribution >= 0.6 is 11.3 Å². The van der Waals surface area contributed by atoms with Crippen LogP contribution in [0.4, 0.5) is 13.9 Å². The molecule has 0 fully saturated rings. The van der Waals surface area contributed by atoms with Gasteiger partial charge in [-0.15, -0.1) is 11.3 Å². The van der Waals surface area contributed by atoms with E-state index in [1.165, 1.54) is 0 Å². The predicted molar refractivity (Wildman–Crippen MR) is 63.2 cm³/mol. The minimum absolute atomic E-state index is 0.0805. The quantitative estimate of drug-likeness (QED) is 0.897. The third-order valence-corrected chi connectivity index (χ3v) is 3.09. The van der Waals surface area contributed by atoms with Crippen molar-refractivity contribution in [1.29, 1.82) is 0 Å². The average Bonchev–Trinajstić information content (AvgIpc) is 2.62. The predicted octanol–water partition coefficient (Wildman–Crippen LogP) is 2.30. The second-order valence-corrected chi connectivity index (χ2v) is 4.63. The Kier molecular flexibility index (Phi) is 3.24. The fraction of sp³-hybridized carbons (Fsp3) is 0.0909. The van der Waals surface area contributed by atoms with Gasteiger partial charge in [-0.05, 0) is 18.2 Å². The van der Waals surface area contributed by atoms with Crippen molar-refractivity contribution >= 4 is 22.4 Å². The lowest BCUT2D eigenvalue weighted by Gasteiger charge is -2.02. The summed E-state index contributed by atoms with van der Waals surface area (Å²) < 4.78 is 26.7. The van der Waals surface area contributed by atoms with Gasteiger partial charge in [0.15, 0.2) is 5.13 Å². The van der Waals surface area contributed by atoms with E-state index in [2.05, 4.69) is 4.98 Å². The number of aromatic nitrogens is 1. The largest absolute Gasteiger partial charge is 0.481 e. The van der Waals surface area contributed by atoms with Gasteiger partial charge in [0.05, 0.1) is 12.1 Å². The van der Waals surface area contributed by atoms with E-state index >= 15 is 0 Å². The number of benzene rings is 1. The van der Waals surface area contributed by atoms with Crippen molar-refractivity contribution in [2.75, 3.05) is 5.73 Å². The molecule has 18 heavy (non-hydrogen) atoms. The Balaban J connectivity index is 2.55. The van der Waals surface area contributed by atoms with E-state index in [0.717, 1.165) is 29.5 Å². The Morgan fingerprint density at radius 2 is 2.17 bits per heavy atom. The molecule has 0 atom stereocenters. The van der Waals surface area contributed by atoms with Crippen LogP contribution < -0.4 is 5.73 Å². The molecule has 0 aliphatic heterocycles. The third kappa shape index (κ3) is 2.45. The van der Waals surface area contributed by atoms with Crippen molar-refractivity contribution in [1.82, 2.24) is 4.98 Å². The van der Waals surface area contributed by atoms with Crippen LogP contribution in [0.5, 0.6) is 0 Å². The fourth-order valence-corrected chi connectivity index (χ4v) is 2.35. The first-order valence-corrected chi connectivity index (χ1v) is 5.71. The Morgan fingerprint density at radius 1 is 1.44 bits per heavy atom. The molecule has 1 aromatic heterocycles. The number of carboxylic acid groups (broad SMARTS) is 1. The number of nitrogens with two attached hydrogens (primary N) is 1. The molecule has 4 nitrogen and oxygen atoms in total. The Bertz CT molecular complexity index is 613. The molecular formula is C11H8F2N2O2S. The summed E-state index contributed by atoms with van der Waals surface area (Å²) in [4.78, 5) is 14.8. The van der Waals surface area contributed by atoms with Gasteiger partial charge in [-0.25, -0.2) is 13.8 Å². The molecular weight excluding hydrogens is 262 g/mol. The molecule has 0 unspecified atom stereocenters. The van der Waals surface area contributed by atoms with Crippen molar-refractivity contribution in [2.24, 2.45) is 0 Å². The van der Waals surface area contributed by atoms with Crippen LogP contribution in [0, 0.1) is 11.6 Å². The van der Waals surface area contributed by atoms with Gasteiger partial charge in [0.2, 0.25) is 0 Å². The lowest BCUT2D eigenvalue weighted by molar-refractivity contribution is -0.136. The first-order valence-electron chi connectivity index (χ1n) is 4.89. The highest BCUT2D eigenvalue weighted by Gasteiger charge is 2.18. The zero-order valence-electron chi connectivity index (χ0n) is 8.98. The number of thiazole rings is 1. The van der Waals surface area contributed by atoms with Gasteiger partial charge in [0, 0.05) is 10.4 Å². The average molecular weight is 270 g/mol. The summed E-state index contributed by atoms with van der Waals surface area (Å²) >= 11 is 0.949. The number of carboxylic acids is 1. The van der Waals surface area contributed by atoms with Crippen molar-refractivity contribution in [3.63, 3.8) is 0 Å². The van der Waals surface area contributed by atoms with Crippen molar-refractivity contribution < 1.29 is 18.7 Å². The highest BCUT2D eigenvalue weighted by atomic mass is 32.1. The monoisotopic (exact) mass is 270 g/mol. The fourth-order valence-electron chi connectivity index (χ4n) is 1.52. The molecule has 0 saturated heterocycles. The lowest BCUT2D eigenvalue weighted by atomic mass is 10.1. The normalized spacial score (nSPS) is 10.6. The Morgan fingerprint density at radius 3 is 2.83 bits per heavy atom.